The summed E-state index contributed by atoms with van der Waals surface area (Å²) in [6.07, 6.45) is 3.98. The van der Waals surface area contributed by atoms with Gasteiger partial charge >= 0.3 is 6.03 Å². The van der Waals surface area contributed by atoms with Crippen molar-refractivity contribution in [3.8, 4) is 17.2 Å². The van der Waals surface area contributed by atoms with Crippen LogP contribution < -0.4 is 25.1 Å². The van der Waals surface area contributed by atoms with Crippen LogP contribution in [0.3, 0.4) is 0 Å². The first-order valence-electron chi connectivity index (χ1n) is 11.3. The second-order valence-electron chi connectivity index (χ2n) is 8.40. The molecule has 8 heteroatoms. The minimum atomic E-state index is -0.243. The van der Waals surface area contributed by atoms with Crippen LogP contribution in [0.15, 0.2) is 47.3 Å². The normalized spacial score (nSPS) is 15.4. The molecule has 1 saturated carbocycles. The summed E-state index contributed by atoms with van der Waals surface area (Å²) >= 11 is 0. The average Bonchev–Trinajstić information content (AvgIpc) is 3.36. The highest BCUT2D eigenvalue weighted by Gasteiger charge is 2.28. The summed E-state index contributed by atoms with van der Waals surface area (Å²) in [5.74, 6) is 1.88. The first-order valence-corrected chi connectivity index (χ1v) is 11.3. The number of anilines is 1. The predicted molar refractivity (Wildman–Crippen MR) is 125 cm³/mol. The van der Waals surface area contributed by atoms with Crippen molar-refractivity contribution in [2.24, 2.45) is 0 Å². The Labute approximate surface area is 191 Å². The average molecular weight is 450 g/mol. The molecule has 0 spiro atoms. The second-order valence-corrected chi connectivity index (χ2v) is 8.40. The van der Waals surface area contributed by atoms with E-state index in [1.807, 2.05) is 24.3 Å². The Balaban J connectivity index is 1.45. The van der Waals surface area contributed by atoms with E-state index in [4.69, 9.17) is 14.2 Å². The quantitative estimate of drug-likeness (QED) is 0.606. The van der Waals surface area contributed by atoms with Gasteiger partial charge in [0.15, 0.2) is 11.5 Å². The molecule has 1 aliphatic carbocycles. The first kappa shape index (κ1) is 21.2. The number of hydrogen-bond donors (Lipinski definition) is 2. The van der Waals surface area contributed by atoms with Crippen molar-refractivity contribution >= 4 is 22.6 Å². The minimum absolute atomic E-state index is 0.0788. The summed E-state index contributed by atoms with van der Waals surface area (Å²) in [6, 6.07) is 12.6. The lowest BCUT2D eigenvalue weighted by Crippen LogP contribution is -2.42. The number of ether oxygens (including phenoxy) is 3. The fourth-order valence-corrected chi connectivity index (χ4v) is 4.61. The van der Waals surface area contributed by atoms with E-state index in [1.165, 1.54) is 0 Å². The summed E-state index contributed by atoms with van der Waals surface area (Å²) in [4.78, 5) is 31.0. The van der Waals surface area contributed by atoms with Crippen LogP contribution in [0.2, 0.25) is 0 Å². The van der Waals surface area contributed by atoms with Crippen LogP contribution in [0.1, 0.15) is 31.2 Å². The van der Waals surface area contributed by atoms with Gasteiger partial charge in [-0.3, -0.25) is 4.79 Å². The molecular formula is C25H27N3O5. The van der Waals surface area contributed by atoms with E-state index in [0.29, 0.717) is 47.2 Å². The monoisotopic (exact) mass is 449 g/mol. The number of amides is 2. The summed E-state index contributed by atoms with van der Waals surface area (Å²) in [6.45, 7) is 1.19. The topological polar surface area (TPSA) is 92.9 Å². The molecule has 3 aromatic rings. The Morgan fingerprint density at radius 1 is 1.12 bits per heavy atom. The van der Waals surface area contributed by atoms with Crippen LogP contribution in [0.25, 0.3) is 10.9 Å². The highest BCUT2D eigenvalue weighted by molar-refractivity contribution is 5.91. The van der Waals surface area contributed by atoms with Gasteiger partial charge in [-0.05, 0) is 37.1 Å². The van der Waals surface area contributed by atoms with Gasteiger partial charge in [0.05, 0.1) is 24.9 Å². The molecule has 0 unspecified atom stereocenters. The van der Waals surface area contributed by atoms with Crippen molar-refractivity contribution < 1.29 is 19.0 Å². The number of carbonyl (C=O) groups is 1. The molecule has 1 fully saturated rings. The van der Waals surface area contributed by atoms with Gasteiger partial charge in [0.2, 0.25) is 0 Å². The molecule has 2 amide bonds. The van der Waals surface area contributed by atoms with Crippen molar-refractivity contribution in [3.63, 3.8) is 0 Å². The fourth-order valence-electron chi connectivity index (χ4n) is 4.61. The van der Waals surface area contributed by atoms with Crippen molar-refractivity contribution in [2.45, 2.75) is 38.3 Å². The van der Waals surface area contributed by atoms with E-state index < -0.39 is 0 Å². The highest BCUT2D eigenvalue weighted by atomic mass is 16.6. The fraction of sp³-hybridized carbons (Fsp3) is 0.360. The van der Waals surface area contributed by atoms with E-state index in [-0.39, 0.29) is 24.2 Å². The molecule has 2 heterocycles. The van der Waals surface area contributed by atoms with Crippen LogP contribution in [-0.2, 0) is 6.54 Å². The Kier molecular flexibility index (Phi) is 5.81. The number of fused-ring (bicyclic) bond motifs is 2. The maximum absolute atomic E-state index is 13.3. The number of carbonyl (C=O) groups excluding carboxylic acids is 1. The van der Waals surface area contributed by atoms with Crippen molar-refractivity contribution in [3.05, 3.63) is 58.4 Å². The number of hydrogen-bond acceptors (Lipinski definition) is 5. The number of benzene rings is 2. The summed E-state index contributed by atoms with van der Waals surface area (Å²) < 4.78 is 16.7. The molecule has 2 N–H and O–H groups in total. The number of nitrogens with one attached hydrogen (secondary N) is 2. The summed E-state index contributed by atoms with van der Waals surface area (Å²) in [5, 5.41) is 3.81. The van der Waals surface area contributed by atoms with Crippen LogP contribution in [0.5, 0.6) is 17.2 Å². The van der Waals surface area contributed by atoms with Gasteiger partial charge in [0.25, 0.3) is 5.56 Å². The number of para-hydroxylation sites is 2. The third-order valence-corrected chi connectivity index (χ3v) is 6.30. The number of aromatic nitrogens is 1. The smallest absolute Gasteiger partial charge is 0.322 e. The molecule has 33 heavy (non-hydrogen) atoms. The standard InChI is InChI=1S/C25H27N3O5/c1-31-21-9-5-4-8-19(21)27-25(30)28(18-6-2-3-7-18)15-17-12-16-13-22-23(33-11-10-32-22)14-20(16)26-24(17)29/h4-5,8-9,12-14,18H,2-3,6-7,10-11,15H2,1H3,(H,26,29)(H,27,30). The maximum Gasteiger partial charge on any atom is 0.322 e. The number of pyridine rings is 1. The Morgan fingerprint density at radius 2 is 1.85 bits per heavy atom. The largest absolute Gasteiger partial charge is 0.495 e. The van der Waals surface area contributed by atoms with Gasteiger partial charge in [-0.1, -0.05) is 25.0 Å². The van der Waals surface area contributed by atoms with Crippen LogP contribution >= 0.6 is 0 Å². The molecule has 5 rings (SSSR count). The van der Waals surface area contributed by atoms with Gasteiger partial charge < -0.3 is 29.4 Å². The lowest BCUT2D eigenvalue weighted by atomic mass is 10.1. The van der Waals surface area contributed by atoms with Crippen LogP contribution in [0, 0.1) is 0 Å². The maximum atomic E-state index is 13.3. The molecule has 1 aromatic heterocycles. The molecule has 0 saturated heterocycles. The van der Waals surface area contributed by atoms with Crippen molar-refractivity contribution in [1.29, 1.82) is 0 Å². The molecule has 172 valence electrons. The Hall–Kier alpha value is -3.68. The Morgan fingerprint density at radius 3 is 2.61 bits per heavy atom. The first-order chi connectivity index (χ1) is 16.1. The van der Waals surface area contributed by atoms with Gasteiger partial charge in [-0.25, -0.2) is 4.79 Å². The van der Waals surface area contributed by atoms with Gasteiger partial charge in [-0.2, -0.15) is 0 Å². The second kappa shape index (κ2) is 9.05. The zero-order chi connectivity index (χ0) is 22.8. The lowest BCUT2D eigenvalue weighted by Gasteiger charge is -2.29. The molecule has 0 radical (unpaired) electrons. The number of nitrogens with zero attached hydrogens (tertiary/aromatic N) is 1. The minimum Gasteiger partial charge on any atom is -0.495 e. The third-order valence-electron chi connectivity index (χ3n) is 6.30. The third kappa shape index (κ3) is 4.33. The lowest BCUT2D eigenvalue weighted by molar-refractivity contribution is 0.172. The summed E-state index contributed by atoms with van der Waals surface area (Å²) in [5.41, 5.74) is 1.59. The number of H-pyrrole nitrogens is 1. The number of urea groups is 1. The van der Waals surface area contributed by atoms with E-state index in [2.05, 4.69) is 10.3 Å². The number of rotatable bonds is 5. The number of methoxy groups -OCH3 is 1. The molecule has 0 atom stereocenters. The van der Waals surface area contributed by atoms with Gasteiger partial charge in [0, 0.05) is 23.1 Å². The highest BCUT2D eigenvalue weighted by Crippen LogP contribution is 2.34. The van der Waals surface area contributed by atoms with Crippen LogP contribution in [-0.4, -0.2) is 42.3 Å². The van der Waals surface area contributed by atoms with E-state index in [0.717, 1.165) is 31.1 Å². The SMILES string of the molecule is COc1ccccc1NC(=O)N(Cc1cc2cc3c(cc2[nH]c1=O)OCCO3)C1CCCC1. The van der Waals surface area contributed by atoms with E-state index >= 15 is 0 Å². The zero-order valence-corrected chi connectivity index (χ0v) is 18.6. The zero-order valence-electron chi connectivity index (χ0n) is 18.6. The predicted octanol–water partition coefficient (Wildman–Crippen LogP) is 4.28. The number of aromatic amines is 1. The van der Waals surface area contributed by atoms with Crippen molar-refractivity contribution in [1.82, 2.24) is 9.88 Å². The molecule has 8 nitrogen and oxygen atoms in total. The molecule has 2 aromatic carbocycles. The molecule has 2 aliphatic rings. The summed E-state index contributed by atoms with van der Waals surface area (Å²) in [7, 11) is 1.57. The van der Waals surface area contributed by atoms with E-state index in [9.17, 15) is 9.59 Å². The van der Waals surface area contributed by atoms with Crippen LogP contribution in [0.4, 0.5) is 10.5 Å². The molecule has 1 aliphatic heterocycles. The molecule has 0 bridgehead atoms. The van der Waals surface area contributed by atoms with Crippen molar-refractivity contribution in [2.75, 3.05) is 25.6 Å². The molecular weight excluding hydrogens is 422 g/mol. The Bertz CT molecular complexity index is 1230. The van der Waals surface area contributed by atoms with Gasteiger partial charge in [-0.15, -0.1) is 0 Å². The van der Waals surface area contributed by atoms with Gasteiger partial charge in [0.1, 0.15) is 19.0 Å². The van der Waals surface area contributed by atoms with E-state index in [1.54, 1.807) is 30.2 Å².